The maximum Gasteiger partial charge on any atom is 0.229 e. The van der Waals surface area contributed by atoms with E-state index >= 15 is 0 Å². The van der Waals surface area contributed by atoms with Crippen molar-refractivity contribution in [2.75, 3.05) is 11.0 Å². The van der Waals surface area contributed by atoms with Gasteiger partial charge in [0.2, 0.25) is 15.9 Å². The van der Waals surface area contributed by atoms with Gasteiger partial charge in [-0.3, -0.25) is 9.52 Å². The average molecular weight is 467 g/mol. The van der Waals surface area contributed by atoms with E-state index in [1.807, 2.05) is 19.1 Å². The van der Waals surface area contributed by atoms with Gasteiger partial charge in [-0.2, -0.15) is 12.6 Å². The minimum absolute atomic E-state index is 0.0494. The Bertz CT molecular complexity index is 1020. The van der Waals surface area contributed by atoms with E-state index in [-0.39, 0.29) is 34.7 Å². The van der Waals surface area contributed by atoms with Crippen LogP contribution in [-0.4, -0.2) is 20.6 Å². The lowest BCUT2D eigenvalue weighted by Gasteiger charge is -2.24. The Hall–Kier alpha value is -2.06. The molecule has 0 heterocycles. The second kappa shape index (κ2) is 10.0. The van der Waals surface area contributed by atoms with Crippen LogP contribution in [0.15, 0.2) is 42.5 Å². The molecule has 31 heavy (non-hydrogen) atoms. The topological polar surface area (TPSA) is 75.3 Å². The minimum Gasteiger partial charge on any atom is -0.352 e. The Morgan fingerprint density at radius 3 is 2.23 bits per heavy atom. The van der Waals surface area contributed by atoms with Crippen molar-refractivity contribution < 1.29 is 17.6 Å². The lowest BCUT2D eigenvalue weighted by atomic mass is 9.85. The van der Waals surface area contributed by atoms with Gasteiger partial charge in [-0.25, -0.2) is 12.8 Å². The van der Waals surface area contributed by atoms with Crippen LogP contribution >= 0.6 is 12.6 Å². The molecule has 170 valence electrons. The van der Waals surface area contributed by atoms with E-state index in [0.717, 1.165) is 11.8 Å². The highest BCUT2D eigenvalue weighted by atomic mass is 32.2. The number of rotatable bonds is 8. The van der Waals surface area contributed by atoms with Crippen molar-refractivity contribution in [2.24, 2.45) is 5.92 Å². The summed E-state index contributed by atoms with van der Waals surface area (Å²) in [5.41, 5.74) is 2.64. The van der Waals surface area contributed by atoms with E-state index in [0.29, 0.717) is 12.0 Å². The summed E-state index contributed by atoms with van der Waals surface area (Å²) in [4.78, 5) is 12.8. The van der Waals surface area contributed by atoms with E-state index in [1.165, 1.54) is 17.7 Å². The molecule has 0 aliphatic carbocycles. The predicted molar refractivity (Wildman–Crippen MR) is 127 cm³/mol. The first-order valence-electron chi connectivity index (χ1n) is 10.1. The summed E-state index contributed by atoms with van der Waals surface area (Å²) in [6, 6.07) is 12.3. The Morgan fingerprint density at radius 2 is 1.74 bits per heavy atom. The Kier molecular flexibility index (Phi) is 8.16. The van der Waals surface area contributed by atoms with Crippen molar-refractivity contribution in [3.8, 4) is 0 Å². The zero-order valence-electron chi connectivity index (χ0n) is 18.6. The molecule has 2 unspecified atom stereocenters. The molecule has 2 aromatic rings. The summed E-state index contributed by atoms with van der Waals surface area (Å²) < 4.78 is 38.8. The van der Waals surface area contributed by atoms with Gasteiger partial charge in [0.25, 0.3) is 0 Å². The van der Waals surface area contributed by atoms with Crippen LogP contribution in [0.5, 0.6) is 0 Å². The molecule has 0 aliphatic heterocycles. The molecular formula is C23H31FN2O3S2. The normalized spacial score (nSPS) is 14.0. The second-order valence-corrected chi connectivity index (χ2v) is 11.0. The van der Waals surface area contributed by atoms with Crippen LogP contribution in [0, 0.1) is 11.7 Å². The minimum atomic E-state index is -3.57. The van der Waals surface area contributed by atoms with Crippen LogP contribution in [-0.2, 0) is 26.8 Å². The molecule has 0 saturated carbocycles. The van der Waals surface area contributed by atoms with Crippen molar-refractivity contribution in [1.29, 1.82) is 0 Å². The number of carbonyl (C=O) groups excluding carboxylic acids is 1. The number of hydrogen-bond donors (Lipinski definition) is 3. The largest absolute Gasteiger partial charge is 0.352 e. The van der Waals surface area contributed by atoms with Gasteiger partial charge >= 0.3 is 0 Å². The molecule has 0 aromatic heterocycles. The number of amides is 1. The van der Waals surface area contributed by atoms with E-state index in [1.54, 1.807) is 6.07 Å². The molecule has 1 amide bonds. The van der Waals surface area contributed by atoms with Crippen LogP contribution in [0.4, 0.5) is 10.1 Å². The highest BCUT2D eigenvalue weighted by molar-refractivity contribution is 7.92. The van der Waals surface area contributed by atoms with Crippen LogP contribution in [0.2, 0.25) is 0 Å². The summed E-state index contributed by atoms with van der Waals surface area (Å²) in [5, 5.41) is 2.57. The summed E-state index contributed by atoms with van der Waals surface area (Å²) in [6.07, 6.45) is 1.56. The first-order chi connectivity index (χ1) is 14.3. The van der Waals surface area contributed by atoms with Gasteiger partial charge < -0.3 is 5.32 Å². The first kappa shape index (κ1) is 25.2. The quantitative estimate of drug-likeness (QED) is 0.489. The van der Waals surface area contributed by atoms with Crippen molar-refractivity contribution >= 4 is 34.2 Å². The molecular weight excluding hydrogens is 435 g/mol. The molecule has 5 nitrogen and oxygen atoms in total. The molecule has 0 fully saturated rings. The zero-order chi connectivity index (χ0) is 23.4. The third-order valence-electron chi connectivity index (χ3n) is 5.07. The van der Waals surface area contributed by atoms with Crippen molar-refractivity contribution in [1.82, 2.24) is 5.32 Å². The van der Waals surface area contributed by atoms with Gasteiger partial charge in [-0.05, 0) is 40.7 Å². The standard InChI is InChI=1S/C23H31FN2O3S2/c1-6-18(21(30)16-8-10-17(11-9-16)23(2,3)4)22(27)25-14-15-7-12-20(19(24)13-15)26-31(5,28)29/h7-13,18,21,26,30H,6,14H2,1-5H3,(H,25,27). The first-order valence-corrected chi connectivity index (χ1v) is 12.5. The van der Waals surface area contributed by atoms with Gasteiger partial charge in [-0.1, -0.05) is 58.0 Å². The van der Waals surface area contributed by atoms with Gasteiger partial charge in [-0.15, -0.1) is 0 Å². The SMILES string of the molecule is CCC(C(=O)NCc1ccc(NS(C)(=O)=O)c(F)c1)C(S)c1ccc(C(C)(C)C)cc1. The van der Waals surface area contributed by atoms with E-state index in [9.17, 15) is 17.6 Å². The van der Waals surface area contributed by atoms with Crippen LogP contribution in [0.3, 0.4) is 0 Å². The maximum absolute atomic E-state index is 14.1. The number of halogens is 1. The molecule has 2 N–H and O–H groups in total. The van der Waals surface area contributed by atoms with Gasteiger partial charge in [0.05, 0.1) is 17.9 Å². The zero-order valence-corrected chi connectivity index (χ0v) is 20.3. The monoisotopic (exact) mass is 466 g/mol. The number of carbonyl (C=O) groups is 1. The fraction of sp³-hybridized carbons (Fsp3) is 0.435. The Morgan fingerprint density at radius 1 is 1.13 bits per heavy atom. The van der Waals surface area contributed by atoms with Crippen LogP contribution in [0.1, 0.15) is 56.1 Å². The van der Waals surface area contributed by atoms with Gasteiger partial charge in [0.1, 0.15) is 5.82 Å². The van der Waals surface area contributed by atoms with Crippen molar-refractivity contribution in [2.45, 2.75) is 51.3 Å². The lowest BCUT2D eigenvalue weighted by molar-refractivity contribution is -0.125. The molecule has 0 saturated heterocycles. The number of hydrogen-bond acceptors (Lipinski definition) is 4. The number of sulfonamides is 1. The number of anilines is 1. The Labute approximate surface area is 190 Å². The molecule has 2 aromatic carbocycles. The Balaban J connectivity index is 2.05. The average Bonchev–Trinajstić information content (AvgIpc) is 2.67. The number of thiol groups is 1. The fourth-order valence-corrected chi connectivity index (χ4v) is 4.32. The van der Waals surface area contributed by atoms with E-state index < -0.39 is 15.8 Å². The van der Waals surface area contributed by atoms with Crippen molar-refractivity contribution in [3.05, 3.63) is 65.0 Å². The molecule has 2 rings (SSSR count). The summed E-state index contributed by atoms with van der Waals surface area (Å²) in [5.74, 6) is -1.21. The highest BCUT2D eigenvalue weighted by Gasteiger charge is 2.26. The fourth-order valence-electron chi connectivity index (χ4n) is 3.24. The predicted octanol–water partition coefficient (Wildman–Crippen LogP) is 4.81. The molecule has 2 atom stereocenters. The third-order valence-corrected chi connectivity index (χ3v) is 6.32. The molecule has 8 heteroatoms. The number of nitrogens with one attached hydrogen (secondary N) is 2. The van der Waals surface area contributed by atoms with Crippen molar-refractivity contribution in [3.63, 3.8) is 0 Å². The molecule has 0 spiro atoms. The molecule has 0 aliphatic rings. The van der Waals surface area contributed by atoms with Crippen LogP contribution in [0.25, 0.3) is 0 Å². The molecule has 0 bridgehead atoms. The smallest absolute Gasteiger partial charge is 0.229 e. The summed E-state index contributed by atoms with van der Waals surface area (Å²) in [6.45, 7) is 8.51. The van der Waals surface area contributed by atoms with Gasteiger partial charge in [0.15, 0.2) is 0 Å². The molecule has 0 radical (unpaired) electrons. The van der Waals surface area contributed by atoms with Crippen LogP contribution < -0.4 is 10.0 Å². The lowest BCUT2D eigenvalue weighted by Crippen LogP contribution is -2.32. The van der Waals surface area contributed by atoms with E-state index in [2.05, 4.69) is 42.9 Å². The van der Waals surface area contributed by atoms with Gasteiger partial charge in [0, 0.05) is 11.8 Å². The maximum atomic E-state index is 14.1. The summed E-state index contributed by atoms with van der Waals surface area (Å²) >= 11 is 4.70. The third kappa shape index (κ3) is 7.25. The second-order valence-electron chi connectivity index (χ2n) is 8.74. The van der Waals surface area contributed by atoms with E-state index in [4.69, 9.17) is 12.6 Å². The highest BCUT2D eigenvalue weighted by Crippen LogP contribution is 2.33. The number of benzene rings is 2. The summed E-state index contributed by atoms with van der Waals surface area (Å²) in [7, 11) is -3.57.